The lowest BCUT2D eigenvalue weighted by atomic mass is 10.0. The number of carbonyl (C=O) groups is 2. The molecule has 2 amide bonds. The number of rotatable bonds is 1. The highest BCUT2D eigenvalue weighted by Gasteiger charge is 2.25. The molecule has 2 N–H and O–H groups in total. The van der Waals surface area contributed by atoms with Crippen LogP contribution in [-0.2, 0) is 9.59 Å². The van der Waals surface area contributed by atoms with Gasteiger partial charge in [0, 0.05) is 0 Å². The number of hydrogen-bond acceptors (Lipinski definition) is 3. The normalized spacial score (nSPS) is 15.2. The van der Waals surface area contributed by atoms with Crippen molar-refractivity contribution >= 4 is 35.2 Å². The standard InChI is InChI=1S/C13H12N2O2S/c1-7-3-4-8(2)9(5-7)6-10-11(16)14-13(18)15-12(10)17/h3-6H,1-2H3,(H2,14,15,16,17,18). The molecule has 0 saturated carbocycles. The molecule has 1 saturated heterocycles. The maximum absolute atomic E-state index is 11.7. The second kappa shape index (κ2) is 4.70. The lowest BCUT2D eigenvalue weighted by Gasteiger charge is -2.16. The Kier molecular flexibility index (Phi) is 3.25. The fourth-order valence-electron chi connectivity index (χ4n) is 1.68. The predicted molar refractivity (Wildman–Crippen MR) is 72.8 cm³/mol. The Morgan fingerprint density at radius 3 is 2.33 bits per heavy atom. The topological polar surface area (TPSA) is 58.2 Å². The Hall–Kier alpha value is -2.01. The monoisotopic (exact) mass is 260 g/mol. The molecule has 18 heavy (non-hydrogen) atoms. The first-order chi connectivity index (χ1) is 8.47. The number of carbonyl (C=O) groups excluding carboxylic acids is 2. The van der Waals surface area contributed by atoms with Gasteiger partial charge in [-0.3, -0.25) is 20.2 Å². The molecule has 0 atom stereocenters. The van der Waals surface area contributed by atoms with Gasteiger partial charge in [-0.1, -0.05) is 23.8 Å². The molecule has 4 nitrogen and oxygen atoms in total. The third-order valence-corrected chi connectivity index (χ3v) is 2.88. The Morgan fingerprint density at radius 1 is 1.11 bits per heavy atom. The Morgan fingerprint density at radius 2 is 1.72 bits per heavy atom. The van der Waals surface area contributed by atoms with Gasteiger partial charge in [0.2, 0.25) is 0 Å². The smallest absolute Gasteiger partial charge is 0.263 e. The van der Waals surface area contributed by atoms with Crippen LogP contribution in [0, 0.1) is 13.8 Å². The van der Waals surface area contributed by atoms with Gasteiger partial charge >= 0.3 is 0 Å². The largest absolute Gasteiger partial charge is 0.299 e. The molecular weight excluding hydrogens is 248 g/mol. The molecular formula is C13H12N2O2S. The third-order valence-electron chi connectivity index (χ3n) is 2.68. The summed E-state index contributed by atoms with van der Waals surface area (Å²) in [7, 11) is 0. The zero-order valence-corrected chi connectivity index (χ0v) is 10.9. The number of benzene rings is 1. The van der Waals surface area contributed by atoms with Gasteiger partial charge in [0.1, 0.15) is 5.57 Å². The van der Waals surface area contributed by atoms with Crippen molar-refractivity contribution in [2.24, 2.45) is 0 Å². The summed E-state index contributed by atoms with van der Waals surface area (Å²) in [6.45, 7) is 3.88. The first-order valence-electron chi connectivity index (χ1n) is 5.43. The minimum atomic E-state index is -0.468. The molecule has 0 radical (unpaired) electrons. The van der Waals surface area contributed by atoms with Crippen LogP contribution in [0.3, 0.4) is 0 Å². The van der Waals surface area contributed by atoms with Gasteiger partial charge in [-0.15, -0.1) is 0 Å². The van der Waals surface area contributed by atoms with E-state index in [0.717, 1.165) is 16.7 Å². The van der Waals surface area contributed by atoms with Crippen molar-refractivity contribution in [1.29, 1.82) is 0 Å². The van der Waals surface area contributed by atoms with Crippen LogP contribution >= 0.6 is 12.2 Å². The average molecular weight is 260 g/mol. The second-order valence-corrected chi connectivity index (χ2v) is 4.56. The average Bonchev–Trinajstić information content (AvgIpc) is 2.28. The first kappa shape index (κ1) is 12.4. The third kappa shape index (κ3) is 2.46. The number of thiocarbonyl (C=S) groups is 1. The summed E-state index contributed by atoms with van der Waals surface area (Å²) in [6, 6.07) is 5.86. The van der Waals surface area contributed by atoms with Crippen LogP contribution in [0.5, 0.6) is 0 Å². The SMILES string of the molecule is Cc1ccc(C)c(C=C2C(=O)NC(=S)NC2=O)c1. The highest BCUT2D eigenvalue weighted by Crippen LogP contribution is 2.15. The van der Waals surface area contributed by atoms with Gasteiger partial charge in [-0.05, 0) is 43.3 Å². The van der Waals surface area contributed by atoms with Crippen molar-refractivity contribution in [3.63, 3.8) is 0 Å². The van der Waals surface area contributed by atoms with Crippen LogP contribution in [0.2, 0.25) is 0 Å². The van der Waals surface area contributed by atoms with E-state index in [-0.39, 0.29) is 10.7 Å². The van der Waals surface area contributed by atoms with E-state index in [1.54, 1.807) is 6.08 Å². The zero-order chi connectivity index (χ0) is 13.3. The predicted octanol–water partition coefficient (Wildman–Crippen LogP) is 1.22. The molecule has 0 bridgehead atoms. The summed E-state index contributed by atoms with van der Waals surface area (Å²) in [5.74, 6) is -0.936. The number of amides is 2. The minimum Gasteiger partial charge on any atom is -0.299 e. The van der Waals surface area contributed by atoms with Gasteiger partial charge < -0.3 is 0 Å². The number of nitrogens with one attached hydrogen (secondary N) is 2. The highest BCUT2D eigenvalue weighted by atomic mass is 32.1. The highest BCUT2D eigenvalue weighted by molar-refractivity contribution is 7.80. The zero-order valence-electron chi connectivity index (χ0n) is 10.0. The fraction of sp³-hybridized carbons (Fsp3) is 0.154. The summed E-state index contributed by atoms with van der Waals surface area (Å²) in [6.07, 6.45) is 1.58. The Bertz CT molecular complexity index is 569. The maximum atomic E-state index is 11.7. The number of aryl methyl sites for hydroxylation is 2. The van der Waals surface area contributed by atoms with Crippen LogP contribution < -0.4 is 10.6 Å². The molecule has 1 fully saturated rings. The Balaban J connectivity index is 2.43. The van der Waals surface area contributed by atoms with Crippen molar-refractivity contribution in [3.05, 3.63) is 40.5 Å². The molecule has 0 aliphatic carbocycles. The summed E-state index contributed by atoms with van der Waals surface area (Å²) in [5.41, 5.74) is 2.99. The van der Waals surface area contributed by atoms with Crippen molar-refractivity contribution in [2.75, 3.05) is 0 Å². The quantitative estimate of drug-likeness (QED) is 0.453. The van der Waals surface area contributed by atoms with Crippen LogP contribution in [0.15, 0.2) is 23.8 Å². The lowest BCUT2D eigenvalue weighted by Crippen LogP contribution is -2.51. The first-order valence-corrected chi connectivity index (χ1v) is 5.84. The van der Waals surface area contributed by atoms with Crippen molar-refractivity contribution in [1.82, 2.24) is 10.6 Å². The second-order valence-electron chi connectivity index (χ2n) is 4.16. The molecule has 5 heteroatoms. The van der Waals surface area contributed by atoms with Crippen LogP contribution in [0.1, 0.15) is 16.7 Å². The van der Waals surface area contributed by atoms with Crippen LogP contribution in [0.4, 0.5) is 0 Å². The molecule has 1 heterocycles. The van der Waals surface area contributed by atoms with Gasteiger partial charge in [-0.25, -0.2) is 0 Å². The molecule has 1 aliphatic heterocycles. The molecule has 0 aromatic heterocycles. The van der Waals surface area contributed by atoms with E-state index < -0.39 is 11.8 Å². The molecule has 1 aromatic rings. The lowest BCUT2D eigenvalue weighted by molar-refractivity contribution is -0.123. The summed E-state index contributed by atoms with van der Waals surface area (Å²) in [4.78, 5) is 23.4. The van der Waals surface area contributed by atoms with Gasteiger partial charge in [0.25, 0.3) is 11.8 Å². The van der Waals surface area contributed by atoms with E-state index in [1.807, 2.05) is 32.0 Å². The van der Waals surface area contributed by atoms with Gasteiger partial charge in [0.05, 0.1) is 0 Å². The maximum Gasteiger partial charge on any atom is 0.263 e. The molecule has 1 aliphatic rings. The van der Waals surface area contributed by atoms with E-state index in [1.165, 1.54) is 0 Å². The summed E-state index contributed by atoms with van der Waals surface area (Å²) in [5, 5.41) is 4.86. The van der Waals surface area contributed by atoms with E-state index >= 15 is 0 Å². The summed E-state index contributed by atoms with van der Waals surface area (Å²) >= 11 is 4.73. The summed E-state index contributed by atoms with van der Waals surface area (Å²) < 4.78 is 0. The van der Waals surface area contributed by atoms with E-state index in [9.17, 15) is 9.59 Å². The van der Waals surface area contributed by atoms with E-state index in [4.69, 9.17) is 12.2 Å². The molecule has 2 rings (SSSR count). The molecule has 0 spiro atoms. The van der Waals surface area contributed by atoms with Crippen LogP contribution in [-0.4, -0.2) is 16.9 Å². The molecule has 0 unspecified atom stereocenters. The van der Waals surface area contributed by atoms with Gasteiger partial charge in [0.15, 0.2) is 5.11 Å². The van der Waals surface area contributed by atoms with Crippen LogP contribution in [0.25, 0.3) is 6.08 Å². The molecule has 1 aromatic carbocycles. The fourth-order valence-corrected chi connectivity index (χ4v) is 1.86. The van der Waals surface area contributed by atoms with Crippen molar-refractivity contribution in [2.45, 2.75) is 13.8 Å². The van der Waals surface area contributed by atoms with Crippen molar-refractivity contribution < 1.29 is 9.59 Å². The Labute approximate surface area is 110 Å². The van der Waals surface area contributed by atoms with Gasteiger partial charge in [-0.2, -0.15) is 0 Å². The number of hydrogen-bond donors (Lipinski definition) is 2. The molecule has 92 valence electrons. The van der Waals surface area contributed by atoms with E-state index in [0.29, 0.717) is 0 Å². The minimum absolute atomic E-state index is 0.0446. The van der Waals surface area contributed by atoms with Crippen molar-refractivity contribution in [3.8, 4) is 0 Å². The van der Waals surface area contributed by atoms with E-state index in [2.05, 4.69) is 10.6 Å².